The van der Waals surface area contributed by atoms with Crippen LogP contribution < -0.4 is 5.32 Å². The molecule has 190 valence electrons. The van der Waals surface area contributed by atoms with Gasteiger partial charge in [0.25, 0.3) is 0 Å². The van der Waals surface area contributed by atoms with Crippen molar-refractivity contribution in [3.05, 3.63) is 12.2 Å². The van der Waals surface area contributed by atoms with Crippen LogP contribution >= 0.6 is 0 Å². The molecule has 2 heteroatoms. The van der Waals surface area contributed by atoms with E-state index in [0.717, 1.165) is 12.8 Å². The SMILES string of the molecule is CCCCCCCC/C=C\CCCCCCCC(=O)N[C@@H](C)CCCCCCCCCC. The molecule has 0 rings (SSSR count). The summed E-state index contributed by atoms with van der Waals surface area (Å²) in [6.07, 6.45) is 34.4. The Bertz CT molecular complexity index is 404. The van der Waals surface area contributed by atoms with Crippen molar-refractivity contribution in [2.24, 2.45) is 0 Å². The first-order chi connectivity index (χ1) is 15.7. The highest BCUT2D eigenvalue weighted by Gasteiger charge is 2.06. The smallest absolute Gasteiger partial charge is 0.220 e. The lowest BCUT2D eigenvalue weighted by molar-refractivity contribution is -0.121. The Morgan fingerprint density at radius 2 is 1.00 bits per heavy atom. The number of carbonyl (C=O) groups is 1. The first kappa shape index (κ1) is 31.2. The zero-order chi connectivity index (χ0) is 23.5. The van der Waals surface area contributed by atoms with Gasteiger partial charge in [-0.15, -0.1) is 0 Å². The molecule has 0 unspecified atom stereocenters. The van der Waals surface area contributed by atoms with E-state index in [-0.39, 0.29) is 5.91 Å². The van der Waals surface area contributed by atoms with Gasteiger partial charge in [0.1, 0.15) is 0 Å². The Morgan fingerprint density at radius 3 is 1.50 bits per heavy atom. The standard InChI is InChI=1S/C30H59NO/c1-4-6-8-10-12-14-15-16-17-18-19-20-22-24-26-28-30(32)31-29(3)27-25-23-21-13-11-9-7-5-2/h16-17,29H,4-15,18-28H2,1-3H3,(H,31,32)/b17-16-/t29-/m0/s1. The van der Waals surface area contributed by atoms with Gasteiger partial charge in [-0.25, -0.2) is 0 Å². The maximum Gasteiger partial charge on any atom is 0.220 e. The maximum atomic E-state index is 12.1. The van der Waals surface area contributed by atoms with E-state index in [1.54, 1.807) is 0 Å². The summed E-state index contributed by atoms with van der Waals surface area (Å²) >= 11 is 0. The molecule has 0 aromatic rings. The van der Waals surface area contributed by atoms with Crippen molar-refractivity contribution in [1.82, 2.24) is 5.32 Å². The largest absolute Gasteiger partial charge is 0.354 e. The summed E-state index contributed by atoms with van der Waals surface area (Å²) in [6, 6.07) is 0.339. The summed E-state index contributed by atoms with van der Waals surface area (Å²) in [6.45, 7) is 6.71. The fourth-order valence-electron chi connectivity index (χ4n) is 4.36. The number of unbranched alkanes of at least 4 members (excludes halogenated alkanes) is 18. The number of nitrogens with one attached hydrogen (secondary N) is 1. The summed E-state index contributed by atoms with van der Waals surface area (Å²) in [7, 11) is 0. The molecule has 2 nitrogen and oxygen atoms in total. The van der Waals surface area contributed by atoms with Crippen LogP contribution in [0.1, 0.15) is 168 Å². The highest BCUT2D eigenvalue weighted by atomic mass is 16.1. The number of hydrogen-bond donors (Lipinski definition) is 1. The molecular weight excluding hydrogens is 390 g/mol. The molecule has 0 radical (unpaired) electrons. The van der Waals surface area contributed by atoms with E-state index in [0.29, 0.717) is 12.5 Å². The summed E-state index contributed by atoms with van der Waals surface area (Å²) < 4.78 is 0. The Labute approximate surface area is 202 Å². The molecule has 0 aromatic heterocycles. The quantitative estimate of drug-likeness (QED) is 0.109. The van der Waals surface area contributed by atoms with Gasteiger partial charge in [0, 0.05) is 12.5 Å². The summed E-state index contributed by atoms with van der Waals surface area (Å²) in [4.78, 5) is 12.1. The lowest BCUT2D eigenvalue weighted by atomic mass is 10.0. The van der Waals surface area contributed by atoms with E-state index < -0.39 is 0 Å². The van der Waals surface area contributed by atoms with Crippen molar-refractivity contribution in [3.8, 4) is 0 Å². The van der Waals surface area contributed by atoms with Gasteiger partial charge in [0.2, 0.25) is 5.91 Å². The van der Waals surface area contributed by atoms with Gasteiger partial charge in [-0.05, 0) is 45.4 Å². The molecule has 1 amide bonds. The third-order valence-electron chi connectivity index (χ3n) is 6.56. The zero-order valence-electron chi connectivity index (χ0n) is 22.4. The molecule has 0 spiro atoms. The Kier molecular flexibility index (Phi) is 25.8. The van der Waals surface area contributed by atoms with E-state index >= 15 is 0 Å². The number of amides is 1. The molecular formula is C30H59NO. The minimum atomic E-state index is 0.259. The third kappa shape index (κ3) is 25.5. The van der Waals surface area contributed by atoms with Gasteiger partial charge in [-0.2, -0.15) is 0 Å². The highest BCUT2D eigenvalue weighted by molar-refractivity contribution is 5.76. The number of allylic oxidation sites excluding steroid dienone is 2. The Morgan fingerprint density at radius 1 is 0.594 bits per heavy atom. The summed E-state index contributed by atoms with van der Waals surface area (Å²) in [5.74, 6) is 0.259. The van der Waals surface area contributed by atoms with Gasteiger partial charge in [0.15, 0.2) is 0 Å². The van der Waals surface area contributed by atoms with E-state index in [2.05, 4.69) is 38.2 Å². The molecule has 0 saturated carbocycles. The lowest BCUT2D eigenvalue weighted by Gasteiger charge is -2.13. The molecule has 0 fully saturated rings. The van der Waals surface area contributed by atoms with Crippen molar-refractivity contribution < 1.29 is 4.79 Å². The fraction of sp³-hybridized carbons (Fsp3) is 0.900. The second-order valence-corrected chi connectivity index (χ2v) is 10.1. The predicted molar refractivity (Wildman–Crippen MR) is 144 cm³/mol. The van der Waals surface area contributed by atoms with Crippen molar-refractivity contribution in [3.63, 3.8) is 0 Å². The van der Waals surface area contributed by atoms with Crippen LogP contribution in [0, 0.1) is 0 Å². The minimum absolute atomic E-state index is 0.259. The molecule has 1 N–H and O–H groups in total. The van der Waals surface area contributed by atoms with Gasteiger partial charge >= 0.3 is 0 Å². The molecule has 32 heavy (non-hydrogen) atoms. The maximum absolute atomic E-state index is 12.1. The molecule has 0 heterocycles. The molecule has 0 aliphatic rings. The van der Waals surface area contributed by atoms with E-state index in [1.807, 2.05) is 0 Å². The minimum Gasteiger partial charge on any atom is -0.354 e. The predicted octanol–water partition coefficient (Wildman–Crippen LogP) is 10.1. The van der Waals surface area contributed by atoms with Gasteiger partial charge in [-0.3, -0.25) is 4.79 Å². The van der Waals surface area contributed by atoms with Gasteiger partial charge in [0.05, 0.1) is 0 Å². The van der Waals surface area contributed by atoms with Crippen molar-refractivity contribution >= 4 is 5.91 Å². The summed E-state index contributed by atoms with van der Waals surface area (Å²) in [5.41, 5.74) is 0. The fourth-order valence-corrected chi connectivity index (χ4v) is 4.36. The monoisotopic (exact) mass is 449 g/mol. The average Bonchev–Trinajstić information content (AvgIpc) is 2.78. The van der Waals surface area contributed by atoms with Gasteiger partial charge < -0.3 is 5.32 Å². The second kappa shape index (κ2) is 26.5. The first-order valence-corrected chi connectivity index (χ1v) is 14.6. The Balaban J connectivity index is 3.34. The molecule has 0 aromatic carbocycles. The molecule has 0 bridgehead atoms. The highest BCUT2D eigenvalue weighted by Crippen LogP contribution is 2.12. The van der Waals surface area contributed by atoms with E-state index in [4.69, 9.17) is 0 Å². The number of rotatable bonds is 25. The van der Waals surface area contributed by atoms with Crippen LogP contribution in [-0.2, 0) is 4.79 Å². The van der Waals surface area contributed by atoms with Crippen LogP contribution in [0.4, 0.5) is 0 Å². The van der Waals surface area contributed by atoms with Crippen LogP contribution in [0.25, 0.3) is 0 Å². The van der Waals surface area contributed by atoms with Crippen molar-refractivity contribution in [2.45, 2.75) is 174 Å². The first-order valence-electron chi connectivity index (χ1n) is 14.6. The number of hydrogen-bond acceptors (Lipinski definition) is 1. The molecule has 0 saturated heterocycles. The van der Waals surface area contributed by atoms with Crippen LogP contribution in [0.5, 0.6) is 0 Å². The molecule has 1 atom stereocenters. The van der Waals surface area contributed by atoms with E-state index in [9.17, 15) is 4.79 Å². The molecule has 0 aliphatic heterocycles. The average molecular weight is 450 g/mol. The van der Waals surface area contributed by atoms with Crippen LogP contribution in [0.3, 0.4) is 0 Å². The van der Waals surface area contributed by atoms with E-state index in [1.165, 1.54) is 128 Å². The molecule has 0 aliphatic carbocycles. The van der Waals surface area contributed by atoms with Crippen molar-refractivity contribution in [2.75, 3.05) is 0 Å². The van der Waals surface area contributed by atoms with Gasteiger partial charge in [-0.1, -0.05) is 129 Å². The van der Waals surface area contributed by atoms with Crippen molar-refractivity contribution in [1.29, 1.82) is 0 Å². The Hall–Kier alpha value is -0.790. The topological polar surface area (TPSA) is 29.1 Å². The third-order valence-corrected chi connectivity index (χ3v) is 6.56. The zero-order valence-corrected chi connectivity index (χ0v) is 22.4. The number of carbonyl (C=O) groups excluding carboxylic acids is 1. The van der Waals surface area contributed by atoms with Crippen LogP contribution in [0.2, 0.25) is 0 Å². The lowest BCUT2D eigenvalue weighted by Crippen LogP contribution is -2.32. The normalized spacial score (nSPS) is 12.5. The van der Waals surface area contributed by atoms with Crippen LogP contribution in [-0.4, -0.2) is 11.9 Å². The second-order valence-electron chi connectivity index (χ2n) is 10.1. The summed E-state index contributed by atoms with van der Waals surface area (Å²) in [5, 5.41) is 3.20. The van der Waals surface area contributed by atoms with Crippen LogP contribution in [0.15, 0.2) is 12.2 Å².